The van der Waals surface area contributed by atoms with Gasteiger partial charge in [0, 0.05) is 30.2 Å². The maximum absolute atomic E-state index is 5.78. The van der Waals surface area contributed by atoms with Crippen LogP contribution in [-0.4, -0.2) is 28.4 Å². The lowest BCUT2D eigenvalue weighted by atomic mass is 10.2. The number of halogens is 1. The molecule has 0 saturated carbocycles. The molecular weight excluding hydrogens is 210 g/mol. The van der Waals surface area contributed by atoms with Crippen LogP contribution >= 0.6 is 11.6 Å². The van der Waals surface area contributed by atoms with Gasteiger partial charge in [0.25, 0.3) is 0 Å². The highest BCUT2D eigenvalue weighted by molar-refractivity contribution is 6.18. The van der Waals surface area contributed by atoms with Crippen LogP contribution in [0, 0.1) is 0 Å². The van der Waals surface area contributed by atoms with Crippen LogP contribution in [0.3, 0.4) is 0 Å². The van der Waals surface area contributed by atoms with Gasteiger partial charge in [-0.15, -0.1) is 11.6 Å². The van der Waals surface area contributed by atoms with Crippen molar-refractivity contribution in [1.29, 1.82) is 0 Å². The van der Waals surface area contributed by atoms with E-state index >= 15 is 0 Å². The quantitative estimate of drug-likeness (QED) is 0.724. The molecule has 0 spiro atoms. The zero-order valence-electron chi connectivity index (χ0n) is 9.57. The van der Waals surface area contributed by atoms with E-state index in [2.05, 4.69) is 35.6 Å². The van der Waals surface area contributed by atoms with Crippen LogP contribution < -0.4 is 4.90 Å². The van der Waals surface area contributed by atoms with E-state index in [9.17, 15) is 0 Å². The third-order valence-electron chi connectivity index (χ3n) is 2.31. The Morgan fingerprint density at radius 3 is 2.67 bits per heavy atom. The molecule has 1 heterocycles. The Hall–Kier alpha value is -0.830. The third kappa shape index (κ3) is 3.34. The normalized spacial score (nSPS) is 10.7. The number of nitrogens with zero attached hydrogens (tertiary/aromatic N) is 3. The molecule has 0 bridgehead atoms. The minimum absolute atomic E-state index is 0.406. The van der Waals surface area contributed by atoms with E-state index < -0.39 is 0 Å². The van der Waals surface area contributed by atoms with E-state index in [0.717, 1.165) is 24.5 Å². The van der Waals surface area contributed by atoms with Gasteiger partial charge in [-0.3, -0.25) is 0 Å². The number of hydrogen-bond acceptors (Lipinski definition) is 3. The maximum atomic E-state index is 5.78. The molecule has 0 aliphatic rings. The van der Waals surface area contributed by atoms with Crippen molar-refractivity contribution < 1.29 is 0 Å². The highest BCUT2D eigenvalue weighted by atomic mass is 35.5. The van der Waals surface area contributed by atoms with Gasteiger partial charge >= 0.3 is 0 Å². The molecule has 0 fully saturated rings. The Labute approximate surface area is 96.5 Å². The standard InChI is InChI=1S/C11H18ClN3/c1-4-10-7-11(14-8-13-10)15(6-5-12)9(2)3/h7-9H,4-6H2,1-3H3. The summed E-state index contributed by atoms with van der Waals surface area (Å²) in [5, 5.41) is 0. The molecule has 0 N–H and O–H groups in total. The summed E-state index contributed by atoms with van der Waals surface area (Å²) in [6.45, 7) is 7.19. The van der Waals surface area contributed by atoms with Crippen LogP contribution in [0.15, 0.2) is 12.4 Å². The van der Waals surface area contributed by atoms with Gasteiger partial charge in [-0.2, -0.15) is 0 Å². The smallest absolute Gasteiger partial charge is 0.132 e. The predicted molar refractivity (Wildman–Crippen MR) is 64.6 cm³/mol. The van der Waals surface area contributed by atoms with Crippen molar-refractivity contribution in [2.24, 2.45) is 0 Å². The van der Waals surface area contributed by atoms with Gasteiger partial charge in [0.1, 0.15) is 12.1 Å². The molecule has 1 rings (SSSR count). The van der Waals surface area contributed by atoms with Crippen molar-refractivity contribution in [3.63, 3.8) is 0 Å². The molecule has 1 aromatic heterocycles. The molecule has 0 aliphatic heterocycles. The van der Waals surface area contributed by atoms with Crippen LogP contribution in [0.4, 0.5) is 5.82 Å². The molecule has 0 aromatic carbocycles. The van der Waals surface area contributed by atoms with Crippen molar-refractivity contribution in [2.45, 2.75) is 33.2 Å². The Morgan fingerprint density at radius 1 is 1.40 bits per heavy atom. The molecule has 84 valence electrons. The molecule has 0 unspecified atom stereocenters. The lowest BCUT2D eigenvalue weighted by Crippen LogP contribution is -2.33. The summed E-state index contributed by atoms with van der Waals surface area (Å²) in [5.74, 6) is 1.58. The van der Waals surface area contributed by atoms with Crippen molar-refractivity contribution in [3.8, 4) is 0 Å². The summed E-state index contributed by atoms with van der Waals surface area (Å²) < 4.78 is 0. The number of aromatic nitrogens is 2. The number of alkyl halides is 1. The fraction of sp³-hybridized carbons (Fsp3) is 0.636. The summed E-state index contributed by atoms with van der Waals surface area (Å²) in [7, 11) is 0. The number of rotatable bonds is 5. The second-order valence-corrected chi connectivity index (χ2v) is 4.08. The molecule has 0 saturated heterocycles. The molecule has 0 atom stereocenters. The summed E-state index contributed by atoms with van der Waals surface area (Å²) in [4.78, 5) is 10.7. The molecule has 4 heteroatoms. The summed E-state index contributed by atoms with van der Waals surface area (Å²) in [5.41, 5.74) is 1.07. The first-order chi connectivity index (χ1) is 7.19. The van der Waals surface area contributed by atoms with Crippen LogP contribution in [0.2, 0.25) is 0 Å². The summed E-state index contributed by atoms with van der Waals surface area (Å²) in [6, 6.07) is 2.44. The van der Waals surface area contributed by atoms with Crippen molar-refractivity contribution in [3.05, 3.63) is 18.1 Å². The average Bonchev–Trinajstić information content (AvgIpc) is 2.25. The van der Waals surface area contributed by atoms with Crippen LogP contribution in [-0.2, 0) is 6.42 Å². The van der Waals surface area contributed by atoms with E-state index in [1.54, 1.807) is 6.33 Å². The lowest BCUT2D eigenvalue weighted by Gasteiger charge is -2.27. The lowest BCUT2D eigenvalue weighted by molar-refractivity contribution is 0.692. The Kier molecular flexibility index (Phi) is 4.82. The van der Waals surface area contributed by atoms with Crippen LogP contribution in [0.5, 0.6) is 0 Å². The SMILES string of the molecule is CCc1cc(N(CCCl)C(C)C)ncn1. The molecule has 0 aliphatic carbocycles. The number of hydrogen-bond donors (Lipinski definition) is 0. The highest BCUT2D eigenvalue weighted by Gasteiger charge is 2.11. The van der Waals surface area contributed by atoms with Gasteiger partial charge in [0.2, 0.25) is 0 Å². The van der Waals surface area contributed by atoms with E-state index in [0.29, 0.717) is 11.9 Å². The van der Waals surface area contributed by atoms with Crippen molar-refractivity contribution >= 4 is 17.4 Å². The Balaban J connectivity index is 2.89. The molecule has 15 heavy (non-hydrogen) atoms. The van der Waals surface area contributed by atoms with Gasteiger partial charge in [0.05, 0.1) is 0 Å². The Morgan fingerprint density at radius 2 is 2.13 bits per heavy atom. The first-order valence-corrected chi connectivity index (χ1v) is 5.86. The van der Waals surface area contributed by atoms with Crippen LogP contribution in [0.25, 0.3) is 0 Å². The van der Waals surface area contributed by atoms with E-state index in [1.165, 1.54) is 0 Å². The van der Waals surface area contributed by atoms with Gasteiger partial charge in [-0.25, -0.2) is 9.97 Å². The molecule has 0 amide bonds. The Bertz CT molecular complexity index is 302. The summed E-state index contributed by atoms with van der Waals surface area (Å²) >= 11 is 5.78. The zero-order chi connectivity index (χ0) is 11.3. The van der Waals surface area contributed by atoms with E-state index in [4.69, 9.17) is 11.6 Å². The second kappa shape index (κ2) is 5.91. The molecule has 1 aromatic rings. The van der Waals surface area contributed by atoms with E-state index in [1.807, 2.05) is 6.07 Å². The number of aryl methyl sites for hydroxylation is 1. The topological polar surface area (TPSA) is 29.0 Å². The average molecular weight is 228 g/mol. The maximum Gasteiger partial charge on any atom is 0.132 e. The minimum Gasteiger partial charge on any atom is -0.353 e. The van der Waals surface area contributed by atoms with Crippen molar-refractivity contribution in [1.82, 2.24) is 9.97 Å². The first kappa shape index (κ1) is 12.2. The largest absolute Gasteiger partial charge is 0.353 e. The third-order valence-corrected chi connectivity index (χ3v) is 2.48. The first-order valence-electron chi connectivity index (χ1n) is 5.32. The fourth-order valence-corrected chi connectivity index (χ4v) is 1.65. The van der Waals surface area contributed by atoms with Gasteiger partial charge < -0.3 is 4.90 Å². The monoisotopic (exact) mass is 227 g/mol. The number of anilines is 1. The second-order valence-electron chi connectivity index (χ2n) is 3.70. The molecular formula is C11H18ClN3. The minimum atomic E-state index is 0.406. The highest BCUT2D eigenvalue weighted by Crippen LogP contribution is 2.14. The molecule has 0 radical (unpaired) electrons. The van der Waals surface area contributed by atoms with Gasteiger partial charge in [0.15, 0.2) is 0 Å². The van der Waals surface area contributed by atoms with Gasteiger partial charge in [-0.1, -0.05) is 6.92 Å². The predicted octanol–water partition coefficient (Wildman–Crippen LogP) is 2.49. The van der Waals surface area contributed by atoms with Crippen LogP contribution in [0.1, 0.15) is 26.5 Å². The zero-order valence-corrected chi connectivity index (χ0v) is 10.3. The van der Waals surface area contributed by atoms with Gasteiger partial charge in [-0.05, 0) is 20.3 Å². The van der Waals surface area contributed by atoms with Crippen molar-refractivity contribution in [2.75, 3.05) is 17.3 Å². The molecule has 3 nitrogen and oxygen atoms in total. The van der Waals surface area contributed by atoms with E-state index in [-0.39, 0.29) is 0 Å². The fourth-order valence-electron chi connectivity index (χ4n) is 1.46. The summed E-state index contributed by atoms with van der Waals surface area (Å²) in [6.07, 6.45) is 2.56.